The second-order valence-corrected chi connectivity index (χ2v) is 2.68. The minimum absolute atomic E-state index is 0.253. The first-order valence-electron chi connectivity index (χ1n) is 3.50. The zero-order chi connectivity index (χ0) is 8.27. The summed E-state index contributed by atoms with van der Waals surface area (Å²) in [7, 11) is 1.94. The summed E-state index contributed by atoms with van der Waals surface area (Å²) in [5.41, 5.74) is 0. The van der Waals surface area contributed by atoms with Crippen LogP contribution < -0.4 is 4.90 Å². The molecule has 0 unspecified atom stereocenters. The first-order valence-corrected chi connectivity index (χ1v) is 3.91. The molecule has 0 saturated heterocycles. The van der Waals surface area contributed by atoms with Gasteiger partial charge >= 0.3 is 4.84 Å². The molecule has 0 saturated carbocycles. The number of anilines is 1. The van der Waals surface area contributed by atoms with Crippen LogP contribution in [0.25, 0.3) is 0 Å². The molecule has 5 heteroatoms. The smallest absolute Gasteiger partial charge is 0.315 e. The van der Waals surface area contributed by atoms with Gasteiger partial charge in [-0.2, -0.15) is 10.1 Å². The van der Waals surface area contributed by atoms with E-state index in [1.165, 1.54) is 0 Å². The highest BCUT2D eigenvalue weighted by Crippen LogP contribution is 2.03. The SMILES string of the molecule is CCCN(C)c1nc(=S)o[nH]1. The number of nitrogens with zero attached hydrogens (tertiary/aromatic N) is 2. The molecule has 0 aliphatic heterocycles. The van der Waals surface area contributed by atoms with Gasteiger partial charge in [-0.15, -0.1) is 0 Å². The van der Waals surface area contributed by atoms with E-state index in [4.69, 9.17) is 16.7 Å². The summed E-state index contributed by atoms with van der Waals surface area (Å²) in [4.78, 5) is 6.16. The number of nitrogens with one attached hydrogen (secondary N) is 1. The molecule has 1 rings (SSSR count). The Morgan fingerprint density at radius 3 is 2.91 bits per heavy atom. The fourth-order valence-corrected chi connectivity index (χ4v) is 0.954. The Bertz CT molecular complexity index is 267. The number of H-pyrrole nitrogens is 1. The Morgan fingerprint density at radius 2 is 2.45 bits per heavy atom. The fraction of sp³-hybridized carbons (Fsp3) is 0.667. The van der Waals surface area contributed by atoms with Gasteiger partial charge in [0.25, 0.3) is 0 Å². The van der Waals surface area contributed by atoms with E-state index in [1.54, 1.807) is 0 Å². The maximum atomic E-state index is 4.77. The lowest BCUT2D eigenvalue weighted by Crippen LogP contribution is -2.18. The molecular formula is C6H11N3OS. The van der Waals surface area contributed by atoms with Crippen LogP contribution in [0.15, 0.2) is 4.52 Å². The molecule has 0 aliphatic rings. The van der Waals surface area contributed by atoms with E-state index < -0.39 is 0 Å². The normalized spacial score (nSPS) is 10.0. The van der Waals surface area contributed by atoms with Crippen molar-refractivity contribution in [2.75, 3.05) is 18.5 Å². The second-order valence-electron chi connectivity index (χ2n) is 2.33. The highest BCUT2D eigenvalue weighted by molar-refractivity contribution is 7.71. The molecule has 0 radical (unpaired) electrons. The van der Waals surface area contributed by atoms with Crippen molar-refractivity contribution < 1.29 is 4.52 Å². The summed E-state index contributed by atoms with van der Waals surface area (Å²) in [6.07, 6.45) is 1.07. The van der Waals surface area contributed by atoms with Gasteiger partial charge < -0.3 is 9.42 Å². The second kappa shape index (κ2) is 3.52. The number of hydrogen-bond acceptors (Lipinski definition) is 4. The third-order valence-electron chi connectivity index (χ3n) is 1.35. The molecule has 62 valence electrons. The standard InChI is InChI=1S/C6H11N3OS/c1-3-4-9(2)5-7-6(11)10-8-5/h3-4H2,1-2H3,(H,7,8,11). The van der Waals surface area contributed by atoms with Crippen molar-refractivity contribution in [3.63, 3.8) is 0 Å². The van der Waals surface area contributed by atoms with Gasteiger partial charge in [0.15, 0.2) is 0 Å². The van der Waals surface area contributed by atoms with E-state index in [0.29, 0.717) is 5.95 Å². The maximum Gasteiger partial charge on any atom is 0.315 e. The van der Waals surface area contributed by atoms with Gasteiger partial charge in [-0.05, 0) is 18.6 Å². The molecule has 1 aromatic heterocycles. The fourth-order valence-electron chi connectivity index (χ4n) is 0.826. The van der Waals surface area contributed by atoms with Crippen molar-refractivity contribution in [2.24, 2.45) is 0 Å². The van der Waals surface area contributed by atoms with E-state index >= 15 is 0 Å². The Morgan fingerprint density at radius 1 is 1.73 bits per heavy atom. The molecule has 0 bridgehead atoms. The van der Waals surface area contributed by atoms with Crippen molar-refractivity contribution in [3.8, 4) is 0 Å². The van der Waals surface area contributed by atoms with Gasteiger partial charge in [-0.25, -0.2) is 0 Å². The lowest BCUT2D eigenvalue weighted by molar-refractivity contribution is 0.404. The average molecular weight is 173 g/mol. The summed E-state index contributed by atoms with van der Waals surface area (Å²) in [6, 6.07) is 0. The van der Waals surface area contributed by atoms with E-state index in [1.807, 2.05) is 11.9 Å². The quantitative estimate of drug-likeness (QED) is 0.705. The Hall–Kier alpha value is -0.840. The molecular weight excluding hydrogens is 162 g/mol. The monoisotopic (exact) mass is 173 g/mol. The lowest BCUT2D eigenvalue weighted by Gasteiger charge is -2.11. The largest absolute Gasteiger partial charge is 0.346 e. The van der Waals surface area contributed by atoms with Crippen molar-refractivity contribution in [3.05, 3.63) is 4.84 Å². The molecule has 0 atom stereocenters. The van der Waals surface area contributed by atoms with Crippen LogP contribution in [0, 0.1) is 4.84 Å². The topological polar surface area (TPSA) is 45.1 Å². The Balaban J connectivity index is 2.68. The molecule has 0 aromatic carbocycles. The van der Waals surface area contributed by atoms with Crippen LogP contribution in [0.5, 0.6) is 0 Å². The molecule has 0 fully saturated rings. The van der Waals surface area contributed by atoms with Gasteiger partial charge in [-0.3, -0.25) is 0 Å². The zero-order valence-electron chi connectivity index (χ0n) is 6.63. The van der Waals surface area contributed by atoms with Gasteiger partial charge in [0.2, 0.25) is 5.95 Å². The van der Waals surface area contributed by atoms with E-state index in [2.05, 4.69) is 17.1 Å². The first-order chi connectivity index (χ1) is 5.24. The summed E-state index contributed by atoms with van der Waals surface area (Å²) < 4.78 is 4.77. The van der Waals surface area contributed by atoms with Crippen molar-refractivity contribution in [1.29, 1.82) is 0 Å². The van der Waals surface area contributed by atoms with E-state index in [-0.39, 0.29) is 4.84 Å². The van der Waals surface area contributed by atoms with Crippen molar-refractivity contribution in [2.45, 2.75) is 13.3 Å². The zero-order valence-corrected chi connectivity index (χ0v) is 7.44. The number of aromatic amines is 1. The summed E-state index contributed by atoms with van der Waals surface area (Å²) >= 11 is 4.70. The van der Waals surface area contributed by atoms with Crippen LogP contribution in [0.4, 0.5) is 5.95 Å². The molecule has 4 nitrogen and oxygen atoms in total. The first kappa shape index (κ1) is 8.26. The van der Waals surface area contributed by atoms with Crippen LogP contribution in [0.1, 0.15) is 13.3 Å². The molecule has 1 N–H and O–H groups in total. The van der Waals surface area contributed by atoms with E-state index in [9.17, 15) is 0 Å². The molecule has 1 heterocycles. The van der Waals surface area contributed by atoms with E-state index in [0.717, 1.165) is 13.0 Å². The summed E-state index contributed by atoms with van der Waals surface area (Å²) in [5, 5.41) is 2.63. The lowest BCUT2D eigenvalue weighted by atomic mass is 10.4. The van der Waals surface area contributed by atoms with Gasteiger partial charge in [-0.1, -0.05) is 6.92 Å². The molecule has 11 heavy (non-hydrogen) atoms. The van der Waals surface area contributed by atoms with Crippen molar-refractivity contribution >= 4 is 18.2 Å². The molecule has 0 aliphatic carbocycles. The van der Waals surface area contributed by atoms with Crippen LogP contribution in [0.3, 0.4) is 0 Å². The van der Waals surface area contributed by atoms with Gasteiger partial charge in [0.05, 0.1) is 0 Å². The molecule has 0 amide bonds. The Labute approximate surface area is 70.2 Å². The number of hydrogen-bond donors (Lipinski definition) is 1. The van der Waals surface area contributed by atoms with Gasteiger partial charge in [0, 0.05) is 13.6 Å². The number of rotatable bonds is 3. The predicted molar refractivity (Wildman–Crippen MR) is 45.2 cm³/mol. The summed E-state index contributed by atoms with van der Waals surface area (Å²) in [6.45, 7) is 3.04. The highest BCUT2D eigenvalue weighted by atomic mass is 32.1. The third-order valence-corrected chi connectivity index (χ3v) is 1.52. The molecule has 0 spiro atoms. The maximum absolute atomic E-state index is 4.77. The predicted octanol–water partition coefficient (Wildman–Crippen LogP) is 1.58. The minimum atomic E-state index is 0.253. The Kier molecular flexibility index (Phi) is 2.64. The average Bonchev–Trinajstić information content (AvgIpc) is 2.36. The summed E-state index contributed by atoms with van der Waals surface area (Å²) in [5.74, 6) is 0.692. The van der Waals surface area contributed by atoms with Crippen LogP contribution in [0.2, 0.25) is 0 Å². The van der Waals surface area contributed by atoms with Gasteiger partial charge in [0.1, 0.15) is 0 Å². The molecule has 1 aromatic rings. The minimum Gasteiger partial charge on any atom is -0.346 e. The van der Waals surface area contributed by atoms with Crippen LogP contribution in [-0.2, 0) is 0 Å². The highest BCUT2D eigenvalue weighted by Gasteiger charge is 2.02. The van der Waals surface area contributed by atoms with Crippen LogP contribution in [-0.4, -0.2) is 23.7 Å². The number of aromatic nitrogens is 2. The third kappa shape index (κ3) is 2.04. The van der Waals surface area contributed by atoms with Crippen LogP contribution >= 0.6 is 12.2 Å². The van der Waals surface area contributed by atoms with Crippen molar-refractivity contribution in [1.82, 2.24) is 10.1 Å².